The van der Waals surface area contributed by atoms with Gasteiger partial charge in [-0.1, -0.05) is 6.07 Å². The summed E-state index contributed by atoms with van der Waals surface area (Å²) < 4.78 is 43.1. The molecule has 17 heavy (non-hydrogen) atoms. The van der Waals surface area contributed by atoms with Crippen molar-refractivity contribution in [3.63, 3.8) is 0 Å². The molecule has 3 nitrogen and oxygen atoms in total. The van der Waals surface area contributed by atoms with E-state index in [0.29, 0.717) is 0 Å². The van der Waals surface area contributed by atoms with Crippen LogP contribution in [-0.4, -0.2) is 23.3 Å². The van der Waals surface area contributed by atoms with Crippen molar-refractivity contribution in [1.29, 1.82) is 0 Å². The molecular formula is C10H10BF3O3. The van der Waals surface area contributed by atoms with Gasteiger partial charge in [0.25, 0.3) is 0 Å². The molecule has 1 aromatic carbocycles. The number of alkyl halides is 3. The maximum atomic E-state index is 12.6. The van der Waals surface area contributed by atoms with Crippen molar-refractivity contribution in [3.05, 3.63) is 23.8 Å². The van der Waals surface area contributed by atoms with Gasteiger partial charge in [0.1, 0.15) is 5.75 Å². The zero-order chi connectivity index (χ0) is 12.6. The Morgan fingerprint density at radius 2 is 1.88 bits per heavy atom. The molecule has 2 rings (SSSR count). The highest BCUT2D eigenvalue weighted by Crippen LogP contribution is 2.38. The molecule has 0 aromatic heterocycles. The summed E-state index contributed by atoms with van der Waals surface area (Å²) in [6.45, 7) is 0. The molecule has 0 unspecified atom stereocenters. The first-order valence-electron chi connectivity index (χ1n) is 5.12. The van der Waals surface area contributed by atoms with E-state index in [0.717, 1.165) is 31.0 Å². The molecular weight excluding hydrogens is 236 g/mol. The third kappa shape index (κ3) is 2.92. The number of hydrogen-bond donors (Lipinski definition) is 2. The fourth-order valence-corrected chi connectivity index (χ4v) is 1.40. The second-order valence-corrected chi connectivity index (χ2v) is 3.94. The highest BCUT2D eigenvalue weighted by Gasteiger charge is 2.36. The van der Waals surface area contributed by atoms with Crippen LogP contribution in [0.1, 0.15) is 18.4 Å². The molecule has 0 bridgehead atoms. The lowest BCUT2D eigenvalue weighted by atomic mass is 9.80. The van der Waals surface area contributed by atoms with Crippen LogP contribution in [0.15, 0.2) is 18.2 Å². The number of benzene rings is 1. The Morgan fingerprint density at radius 1 is 1.24 bits per heavy atom. The largest absolute Gasteiger partial charge is 0.490 e. The number of hydrogen-bond acceptors (Lipinski definition) is 3. The highest BCUT2D eigenvalue weighted by atomic mass is 19.4. The van der Waals surface area contributed by atoms with Gasteiger partial charge in [-0.25, -0.2) is 0 Å². The van der Waals surface area contributed by atoms with Gasteiger partial charge in [-0.2, -0.15) is 13.2 Å². The first kappa shape index (κ1) is 12.3. The smallest absolute Gasteiger partial charge is 0.488 e. The summed E-state index contributed by atoms with van der Waals surface area (Å²) in [6.07, 6.45) is -3.25. The predicted octanol–water partition coefficient (Wildman–Crippen LogP) is 0.926. The Morgan fingerprint density at radius 3 is 2.35 bits per heavy atom. The minimum atomic E-state index is -4.51. The Hall–Kier alpha value is -1.21. The van der Waals surface area contributed by atoms with Crippen molar-refractivity contribution >= 4 is 12.6 Å². The molecule has 1 saturated carbocycles. The number of ether oxygens (including phenoxy) is 1. The van der Waals surface area contributed by atoms with Crippen LogP contribution in [0.4, 0.5) is 13.2 Å². The molecule has 0 aliphatic heterocycles. The van der Waals surface area contributed by atoms with Gasteiger partial charge in [0.05, 0.1) is 11.7 Å². The van der Waals surface area contributed by atoms with Gasteiger partial charge in [-0.15, -0.1) is 0 Å². The van der Waals surface area contributed by atoms with Crippen molar-refractivity contribution in [2.75, 3.05) is 0 Å². The normalized spacial score (nSPS) is 15.8. The van der Waals surface area contributed by atoms with E-state index >= 15 is 0 Å². The fraction of sp³-hybridized carbons (Fsp3) is 0.400. The lowest BCUT2D eigenvalue weighted by Gasteiger charge is -2.14. The Kier molecular flexibility index (Phi) is 3.05. The summed E-state index contributed by atoms with van der Waals surface area (Å²) in [4.78, 5) is 0. The second-order valence-electron chi connectivity index (χ2n) is 3.94. The lowest BCUT2D eigenvalue weighted by molar-refractivity contribution is -0.139. The predicted molar refractivity (Wildman–Crippen MR) is 54.9 cm³/mol. The Labute approximate surface area is 96.0 Å². The van der Waals surface area contributed by atoms with Gasteiger partial charge in [-0.05, 0) is 30.4 Å². The van der Waals surface area contributed by atoms with Crippen molar-refractivity contribution in [3.8, 4) is 5.75 Å². The molecule has 0 radical (unpaired) electrons. The van der Waals surface area contributed by atoms with E-state index < -0.39 is 18.9 Å². The number of halogens is 3. The summed E-state index contributed by atoms with van der Waals surface area (Å²) in [5.74, 6) is -0.342. The SMILES string of the molecule is OB(O)c1ccc(C(F)(F)F)c(OC2CC2)c1. The van der Waals surface area contributed by atoms with Crippen LogP contribution in [0.25, 0.3) is 0 Å². The quantitative estimate of drug-likeness (QED) is 0.780. The molecule has 2 N–H and O–H groups in total. The average Bonchev–Trinajstić information content (AvgIpc) is 2.99. The first-order chi connectivity index (χ1) is 7.88. The van der Waals surface area contributed by atoms with Crippen molar-refractivity contribution in [1.82, 2.24) is 0 Å². The molecule has 0 saturated heterocycles. The summed E-state index contributed by atoms with van der Waals surface area (Å²) in [5.41, 5.74) is -0.914. The van der Waals surface area contributed by atoms with Crippen LogP contribution < -0.4 is 10.2 Å². The first-order valence-corrected chi connectivity index (χ1v) is 5.12. The molecule has 7 heteroatoms. The van der Waals surface area contributed by atoms with Crippen LogP contribution in [-0.2, 0) is 6.18 Å². The van der Waals surface area contributed by atoms with Gasteiger partial charge in [0, 0.05) is 0 Å². The van der Waals surface area contributed by atoms with E-state index in [9.17, 15) is 13.2 Å². The molecule has 0 amide bonds. The summed E-state index contributed by atoms with van der Waals surface area (Å²) in [5, 5.41) is 17.8. The van der Waals surface area contributed by atoms with Crippen LogP contribution in [0.3, 0.4) is 0 Å². The minimum Gasteiger partial charge on any atom is -0.490 e. The molecule has 1 fully saturated rings. The molecule has 0 heterocycles. The average molecular weight is 246 g/mol. The maximum absolute atomic E-state index is 12.6. The zero-order valence-corrected chi connectivity index (χ0v) is 8.74. The fourth-order valence-electron chi connectivity index (χ4n) is 1.40. The number of rotatable bonds is 3. The van der Waals surface area contributed by atoms with Crippen molar-refractivity contribution in [2.45, 2.75) is 25.1 Å². The molecule has 0 spiro atoms. The van der Waals surface area contributed by atoms with Gasteiger partial charge in [-0.3, -0.25) is 0 Å². The van der Waals surface area contributed by atoms with E-state index in [1.807, 2.05) is 0 Å². The molecule has 1 aliphatic carbocycles. The zero-order valence-electron chi connectivity index (χ0n) is 8.74. The van der Waals surface area contributed by atoms with Crippen LogP contribution >= 0.6 is 0 Å². The molecule has 0 atom stereocenters. The minimum absolute atomic E-state index is 0.0198. The molecule has 1 aromatic rings. The third-order valence-corrected chi connectivity index (χ3v) is 2.43. The van der Waals surface area contributed by atoms with E-state index in [-0.39, 0.29) is 17.3 Å². The lowest BCUT2D eigenvalue weighted by Crippen LogP contribution is -2.30. The van der Waals surface area contributed by atoms with Crippen LogP contribution in [0.2, 0.25) is 0 Å². The van der Waals surface area contributed by atoms with Gasteiger partial charge in [0.2, 0.25) is 0 Å². The van der Waals surface area contributed by atoms with Crippen LogP contribution in [0, 0.1) is 0 Å². The van der Waals surface area contributed by atoms with E-state index in [1.165, 1.54) is 0 Å². The maximum Gasteiger partial charge on any atom is 0.488 e. The third-order valence-electron chi connectivity index (χ3n) is 2.43. The van der Waals surface area contributed by atoms with Crippen molar-refractivity contribution < 1.29 is 28.0 Å². The van der Waals surface area contributed by atoms with Gasteiger partial charge in [0.15, 0.2) is 0 Å². The summed E-state index contributed by atoms with van der Waals surface area (Å²) in [7, 11) is -1.81. The van der Waals surface area contributed by atoms with E-state index in [4.69, 9.17) is 14.8 Å². The summed E-state index contributed by atoms with van der Waals surface area (Å²) >= 11 is 0. The highest BCUT2D eigenvalue weighted by molar-refractivity contribution is 6.58. The van der Waals surface area contributed by atoms with Crippen LogP contribution in [0.5, 0.6) is 5.75 Å². The van der Waals surface area contributed by atoms with Gasteiger partial charge < -0.3 is 14.8 Å². The van der Waals surface area contributed by atoms with Crippen molar-refractivity contribution in [2.24, 2.45) is 0 Å². The second kappa shape index (κ2) is 4.23. The van der Waals surface area contributed by atoms with Gasteiger partial charge >= 0.3 is 13.3 Å². The molecule has 92 valence electrons. The monoisotopic (exact) mass is 246 g/mol. The Balaban J connectivity index is 2.36. The summed E-state index contributed by atoms with van der Waals surface area (Å²) in [6, 6.07) is 2.84. The Bertz CT molecular complexity index is 416. The topological polar surface area (TPSA) is 49.7 Å². The standard InChI is InChI=1S/C10H10BF3O3/c12-10(13,14)8-4-1-6(11(15)16)5-9(8)17-7-2-3-7/h1,4-5,7,15-16H,2-3H2. The van der Waals surface area contributed by atoms with E-state index in [2.05, 4.69) is 0 Å². The molecule has 1 aliphatic rings. The van der Waals surface area contributed by atoms with E-state index in [1.54, 1.807) is 0 Å².